The van der Waals surface area contributed by atoms with Crippen LogP contribution in [0.1, 0.15) is 0 Å². The zero-order valence-corrected chi connectivity index (χ0v) is 9.43. The van der Waals surface area contributed by atoms with Gasteiger partial charge in [-0.15, -0.1) is 0 Å². The van der Waals surface area contributed by atoms with Crippen LogP contribution in [0.2, 0.25) is 0 Å². The summed E-state index contributed by atoms with van der Waals surface area (Å²) in [6.45, 7) is -0.863. The van der Waals surface area contributed by atoms with Crippen molar-refractivity contribution in [2.45, 2.75) is 24.4 Å². The number of aliphatic hydroxyl groups is 5. The third kappa shape index (κ3) is 10.3. The maximum Gasteiger partial charge on any atom is 0.122 e. The average Bonchev–Trinajstić information content (AvgIpc) is 2.22. The summed E-state index contributed by atoms with van der Waals surface area (Å²) >= 11 is 0. The number of carbonyl (C=O) groups is 1. The molecule has 0 spiro atoms. The molecule has 0 bridgehead atoms. The van der Waals surface area contributed by atoms with Crippen molar-refractivity contribution in [1.82, 2.24) is 0 Å². The van der Waals surface area contributed by atoms with Crippen molar-refractivity contribution in [3.63, 3.8) is 0 Å². The van der Waals surface area contributed by atoms with Crippen LogP contribution >= 0.6 is 0 Å². The highest BCUT2D eigenvalue weighted by Gasteiger charge is 2.30. The Kier molecular flexibility index (Phi) is 8.96. The number of carboxylic acids is 1. The van der Waals surface area contributed by atoms with Crippen molar-refractivity contribution in [3.05, 3.63) is 0 Å². The normalized spacial score (nSPS) is 17.9. The second-order valence-corrected chi connectivity index (χ2v) is 3.72. The van der Waals surface area contributed by atoms with E-state index in [1.165, 1.54) is 0 Å². The molecule has 11 nitrogen and oxygen atoms in total. The molecule has 0 aromatic heterocycles. The average molecular weight is 291 g/mol. The minimum Gasteiger partial charge on any atom is -0.759 e. The molecule has 0 saturated heterocycles. The van der Waals surface area contributed by atoms with Crippen LogP contribution < -0.4 is 5.11 Å². The molecule has 0 aromatic carbocycles. The molecule has 12 heteroatoms. The fraction of sp³-hybridized carbons (Fsp3) is 0.833. The van der Waals surface area contributed by atoms with E-state index in [2.05, 4.69) is 0 Å². The second-order valence-electron chi connectivity index (χ2n) is 2.90. The fourth-order valence-corrected chi connectivity index (χ4v) is 0.662. The highest BCUT2D eigenvalue weighted by atomic mass is 32.3. The summed E-state index contributed by atoms with van der Waals surface area (Å²) in [5.41, 5.74) is 0. The Balaban J connectivity index is 0. The molecule has 4 atom stereocenters. The third-order valence-electron chi connectivity index (χ3n) is 1.50. The summed E-state index contributed by atoms with van der Waals surface area (Å²) in [5, 5.41) is 53.4. The maximum atomic E-state index is 9.98. The first-order valence-corrected chi connectivity index (χ1v) is 5.45. The van der Waals surface area contributed by atoms with E-state index in [9.17, 15) is 9.90 Å². The largest absolute Gasteiger partial charge is 0.759 e. The van der Waals surface area contributed by atoms with Gasteiger partial charge in [-0.2, -0.15) is 0 Å². The standard InChI is InChI=1S/C6H12O7.H2O4S/c7-1-2(8)3(9)4(10)5(11)6(12)13;1-5(2,3)4/h2-5,7-11H,1H2,(H,12,13);(H2,1,2,3,4)/p-3/t2-,3-,4+,5-;/m1./s1. The van der Waals surface area contributed by atoms with Gasteiger partial charge in [0, 0.05) is 10.4 Å². The van der Waals surface area contributed by atoms with E-state index in [1.807, 2.05) is 0 Å². The van der Waals surface area contributed by atoms with Crippen LogP contribution in [-0.4, -0.2) is 80.0 Å². The molecule has 0 fully saturated rings. The van der Waals surface area contributed by atoms with Gasteiger partial charge in [0.1, 0.15) is 24.4 Å². The van der Waals surface area contributed by atoms with Crippen LogP contribution in [-0.2, 0) is 15.2 Å². The number of rotatable bonds is 5. The number of hydrogen-bond donors (Lipinski definition) is 5. The Morgan fingerprint density at radius 3 is 1.61 bits per heavy atom. The molecule has 5 N–H and O–H groups in total. The van der Waals surface area contributed by atoms with Gasteiger partial charge in [0.15, 0.2) is 0 Å². The quantitative estimate of drug-likeness (QED) is 0.236. The molecule has 0 amide bonds. The molecule has 0 aliphatic heterocycles. The van der Waals surface area contributed by atoms with Gasteiger partial charge in [0.05, 0.1) is 12.6 Å². The second kappa shape index (κ2) is 8.28. The highest BCUT2D eigenvalue weighted by molar-refractivity contribution is 7.79. The van der Waals surface area contributed by atoms with Gasteiger partial charge >= 0.3 is 0 Å². The van der Waals surface area contributed by atoms with Crippen molar-refractivity contribution in [1.29, 1.82) is 0 Å². The van der Waals surface area contributed by atoms with E-state index >= 15 is 0 Å². The van der Waals surface area contributed by atoms with E-state index in [-0.39, 0.29) is 0 Å². The number of aliphatic carboxylic acids is 1. The van der Waals surface area contributed by atoms with Gasteiger partial charge in [-0.25, -0.2) is 0 Å². The number of aliphatic hydroxyl groups excluding tert-OH is 5. The van der Waals surface area contributed by atoms with Crippen LogP contribution in [0.25, 0.3) is 0 Å². The van der Waals surface area contributed by atoms with E-state index in [4.69, 9.17) is 43.1 Å². The molecule has 18 heavy (non-hydrogen) atoms. The Hall–Kier alpha value is -0.860. The van der Waals surface area contributed by atoms with E-state index in [1.54, 1.807) is 0 Å². The SMILES string of the molecule is O=C([O-])[C@H](O)[C@@H](O)[C@H](O)[C@H](O)CO.O=S(=O)([O-])[O-]. The van der Waals surface area contributed by atoms with Crippen molar-refractivity contribution >= 4 is 16.4 Å². The van der Waals surface area contributed by atoms with Gasteiger partial charge in [0.2, 0.25) is 0 Å². The summed E-state index contributed by atoms with van der Waals surface area (Å²) in [6, 6.07) is 0. The topological polar surface area (TPSA) is 222 Å². The maximum absolute atomic E-state index is 9.98. The molecular formula is C6H11O11S-3. The molecule has 0 unspecified atom stereocenters. The zero-order valence-electron chi connectivity index (χ0n) is 8.61. The van der Waals surface area contributed by atoms with Crippen molar-refractivity contribution in [2.75, 3.05) is 6.61 Å². The molecule has 0 aliphatic rings. The Labute approximate surface area is 101 Å². The summed E-state index contributed by atoms with van der Waals surface area (Å²) in [5.74, 6) is -1.98. The predicted molar refractivity (Wildman–Crippen MR) is 46.6 cm³/mol. The Morgan fingerprint density at radius 2 is 1.39 bits per heavy atom. The molecule has 0 saturated carbocycles. The van der Waals surface area contributed by atoms with Crippen LogP contribution in [0.15, 0.2) is 0 Å². The molecule has 0 rings (SSSR count). The molecular weight excluding hydrogens is 280 g/mol. The monoisotopic (exact) mass is 291 g/mol. The highest BCUT2D eigenvalue weighted by Crippen LogP contribution is 2.04. The summed E-state index contributed by atoms with van der Waals surface area (Å²) in [7, 11) is -5.17. The zero-order chi connectivity index (χ0) is 15.1. The van der Waals surface area contributed by atoms with Crippen LogP contribution in [0.5, 0.6) is 0 Å². The van der Waals surface area contributed by atoms with E-state index in [0.717, 1.165) is 0 Å². The lowest BCUT2D eigenvalue weighted by molar-refractivity contribution is -0.320. The van der Waals surface area contributed by atoms with Crippen molar-refractivity contribution in [2.24, 2.45) is 0 Å². The molecule has 0 radical (unpaired) electrons. The lowest BCUT2D eigenvalue weighted by Crippen LogP contribution is -2.52. The predicted octanol–water partition coefficient (Wildman–Crippen LogP) is -6.17. The Bertz CT molecular complexity index is 329. The van der Waals surface area contributed by atoms with Gasteiger partial charge < -0.3 is 44.5 Å². The first-order valence-electron chi connectivity index (χ1n) is 4.12. The number of carboxylic acid groups (broad SMARTS) is 1. The van der Waals surface area contributed by atoms with E-state index < -0.39 is 47.4 Å². The fourth-order valence-electron chi connectivity index (χ4n) is 0.662. The van der Waals surface area contributed by atoms with E-state index in [0.29, 0.717) is 0 Å². The minimum absolute atomic E-state index is 0.863. The summed E-state index contributed by atoms with van der Waals surface area (Å²) < 4.78 is 34.1. The van der Waals surface area contributed by atoms with Crippen LogP contribution in [0, 0.1) is 0 Å². The van der Waals surface area contributed by atoms with Gasteiger partial charge in [-0.1, -0.05) is 0 Å². The summed E-state index contributed by atoms with van der Waals surface area (Å²) in [4.78, 5) is 9.98. The molecule has 110 valence electrons. The van der Waals surface area contributed by atoms with Crippen LogP contribution in [0.4, 0.5) is 0 Å². The Morgan fingerprint density at radius 1 is 1.06 bits per heavy atom. The number of carbonyl (C=O) groups excluding carboxylic acids is 1. The van der Waals surface area contributed by atoms with Crippen LogP contribution in [0.3, 0.4) is 0 Å². The lowest BCUT2D eigenvalue weighted by Gasteiger charge is -2.25. The van der Waals surface area contributed by atoms with Gasteiger partial charge in [-0.05, 0) is 0 Å². The first kappa shape index (κ1) is 19.5. The first-order chi connectivity index (χ1) is 7.91. The molecule has 0 aromatic rings. The lowest BCUT2D eigenvalue weighted by atomic mass is 10.0. The van der Waals surface area contributed by atoms with Gasteiger partial charge in [0.25, 0.3) is 0 Å². The smallest absolute Gasteiger partial charge is 0.122 e. The van der Waals surface area contributed by atoms with Crippen molar-refractivity contribution in [3.8, 4) is 0 Å². The molecule has 0 heterocycles. The summed E-state index contributed by atoms with van der Waals surface area (Å²) in [6.07, 6.45) is -8.08. The van der Waals surface area contributed by atoms with Crippen molar-refractivity contribution < 1.29 is 53.0 Å². The third-order valence-corrected chi connectivity index (χ3v) is 1.50. The molecule has 0 aliphatic carbocycles. The van der Waals surface area contributed by atoms with Gasteiger partial charge in [-0.3, -0.25) is 8.42 Å². The number of hydrogen-bond acceptors (Lipinski definition) is 11. The minimum atomic E-state index is -5.17.